The van der Waals surface area contributed by atoms with Gasteiger partial charge in [-0.05, 0) is 48.0 Å². The predicted octanol–water partition coefficient (Wildman–Crippen LogP) is 4.34. The number of halogens is 1. The van der Waals surface area contributed by atoms with Crippen molar-refractivity contribution < 1.29 is 17.9 Å². The Balaban J connectivity index is 1.44. The number of anilines is 1. The fraction of sp³-hybridized carbons (Fsp3) is 0.136. The number of thiazole rings is 1. The summed E-state index contributed by atoms with van der Waals surface area (Å²) in [5.74, 6) is 1.07. The Morgan fingerprint density at radius 1 is 0.969 bits per heavy atom. The van der Waals surface area contributed by atoms with Crippen molar-refractivity contribution in [2.24, 2.45) is 0 Å². The molecule has 0 amide bonds. The molecule has 0 saturated heterocycles. The minimum absolute atomic E-state index is 0.0692. The van der Waals surface area contributed by atoms with Crippen LogP contribution in [0.2, 0.25) is 5.02 Å². The molecule has 1 aromatic heterocycles. The number of sulfonamides is 1. The van der Waals surface area contributed by atoms with Gasteiger partial charge >= 0.3 is 4.87 Å². The zero-order chi connectivity index (χ0) is 22.3. The lowest BCUT2D eigenvalue weighted by Crippen LogP contribution is -2.16. The number of aromatic nitrogens is 1. The van der Waals surface area contributed by atoms with Crippen molar-refractivity contribution in [1.29, 1.82) is 0 Å². The van der Waals surface area contributed by atoms with Gasteiger partial charge in [-0.25, -0.2) is 8.42 Å². The van der Waals surface area contributed by atoms with Crippen molar-refractivity contribution in [3.8, 4) is 11.5 Å². The molecule has 0 saturated carbocycles. The molecule has 1 N–H and O–H groups in total. The zero-order valence-corrected chi connectivity index (χ0v) is 19.0. The standard InChI is InChI=1S/C22H17ClN2O5S2/c23-15-3-1-14(2-4-15)13-25-18-7-6-17(12-21(18)31-22(25)26)32(27,28)24-16-5-8-19-20(11-16)30-10-9-29-19/h1-8,11-12,24H,9-10,13H2. The van der Waals surface area contributed by atoms with Crippen molar-refractivity contribution >= 4 is 48.9 Å². The van der Waals surface area contributed by atoms with Gasteiger partial charge in [0.1, 0.15) is 13.2 Å². The summed E-state index contributed by atoms with van der Waals surface area (Å²) in [5, 5.41) is 0.622. The van der Waals surface area contributed by atoms with Crippen molar-refractivity contribution in [3.63, 3.8) is 0 Å². The highest BCUT2D eigenvalue weighted by Gasteiger charge is 2.19. The first-order chi connectivity index (χ1) is 15.4. The van der Waals surface area contributed by atoms with Gasteiger partial charge in [0, 0.05) is 11.1 Å². The lowest BCUT2D eigenvalue weighted by atomic mass is 10.2. The molecule has 1 aliphatic rings. The van der Waals surface area contributed by atoms with Crippen LogP contribution in [0, 0.1) is 0 Å². The van der Waals surface area contributed by atoms with Crippen molar-refractivity contribution in [1.82, 2.24) is 4.57 Å². The van der Waals surface area contributed by atoms with Gasteiger partial charge in [-0.1, -0.05) is 35.1 Å². The fourth-order valence-electron chi connectivity index (χ4n) is 3.46. The van der Waals surface area contributed by atoms with Crippen LogP contribution in [-0.4, -0.2) is 26.2 Å². The maximum atomic E-state index is 13.0. The Morgan fingerprint density at radius 2 is 1.72 bits per heavy atom. The van der Waals surface area contributed by atoms with E-state index in [4.69, 9.17) is 21.1 Å². The minimum Gasteiger partial charge on any atom is -0.486 e. The van der Waals surface area contributed by atoms with Gasteiger partial charge in [-0.3, -0.25) is 14.1 Å². The molecule has 10 heteroatoms. The third-order valence-electron chi connectivity index (χ3n) is 5.00. The van der Waals surface area contributed by atoms with Crippen LogP contribution >= 0.6 is 22.9 Å². The smallest absolute Gasteiger partial charge is 0.308 e. The lowest BCUT2D eigenvalue weighted by Gasteiger charge is -2.19. The Morgan fingerprint density at radius 3 is 2.50 bits per heavy atom. The summed E-state index contributed by atoms with van der Waals surface area (Å²) in [6.07, 6.45) is 0. The summed E-state index contributed by atoms with van der Waals surface area (Å²) in [5.41, 5.74) is 1.96. The van der Waals surface area contributed by atoms with E-state index in [2.05, 4.69) is 4.72 Å². The Hall–Kier alpha value is -3.01. The largest absolute Gasteiger partial charge is 0.486 e. The highest BCUT2D eigenvalue weighted by Crippen LogP contribution is 2.33. The second-order valence-electron chi connectivity index (χ2n) is 7.17. The highest BCUT2D eigenvalue weighted by molar-refractivity contribution is 7.92. The van der Waals surface area contributed by atoms with E-state index >= 15 is 0 Å². The van der Waals surface area contributed by atoms with Gasteiger partial charge in [-0.15, -0.1) is 0 Å². The molecule has 0 fully saturated rings. The van der Waals surface area contributed by atoms with Gasteiger partial charge in [-0.2, -0.15) is 0 Å². The van der Waals surface area contributed by atoms with Crippen LogP contribution in [-0.2, 0) is 16.6 Å². The third kappa shape index (κ3) is 4.06. The molecular weight excluding hydrogens is 472 g/mol. The number of hydrogen-bond donors (Lipinski definition) is 1. The van der Waals surface area contributed by atoms with E-state index in [9.17, 15) is 13.2 Å². The average molecular weight is 489 g/mol. The first-order valence-electron chi connectivity index (χ1n) is 9.69. The Bertz CT molecular complexity index is 1480. The zero-order valence-electron chi connectivity index (χ0n) is 16.6. The monoisotopic (exact) mass is 488 g/mol. The number of ether oxygens (including phenoxy) is 2. The van der Waals surface area contributed by atoms with Gasteiger partial charge in [0.15, 0.2) is 11.5 Å². The van der Waals surface area contributed by atoms with Crippen LogP contribution in [0.3, 0.4) is 0 Å². The minimum atomic E-state index is -3.86. The molecular formula is C22H17ClN2O5S2. The summed E-state index contributed by atoms with van der Waals surface area (Å²) in [6.45, 7) is 1.24. The number of fused-ring (bicyclic) bond motifs is 2. The average Bonchev–Trinajstić information content (AvgIpc) is 3.09. The SMILES string of the molecule is O=c1sc2cc(S(=O)(=O)Nc3ccc4c(c3)OCCO4)ccc2n1Cc1ccc(Cl)cc1. The molecule has 0 bridgehead atoms. The van der Waals surface area contributed by atoms with E-state index in [1.54, 1.807) is 41.0 Å². The number of benzene rings is 3. The van der Waals surface area contributed by atoms with E-state index in [0.717, 1.165) is 16.9 Å². The summed E-state index contributed by atoms with van der Waals surface area (Å²) in [6, 6.07) is 16.8. The summed E-state index contributed by atoms with van der Waals surface area (Å²) in [7, 11) is -3.86. The Kier molecular flexibility index (Phi) is 5.32. The van der Waals surface area contributed by atoms with Gasteiger partial charge < -0.3 is 9.47 Å². The topological polar surface area (TPSA) is 86.6 Å². The van der Waals surface area contributed by atoms with Crippen LogP contribution in [0.15, 0.2) is 70.4 Å². The molecule has 7 nitrogen and oxygen atoms in total. The van der Waals surface area contributed by atoms with E-state index < -0.39 is 10.0 Å². The third-order valence-corrected chi connectivity index (χ3v) is 7.57. The van der Waals surface area contributed by atoms with E-state index in [0.29, 0.717) is 52.2 Å². The van der Waals surface area contributed by atoms with Crippen LogP contribution in [0.25, 0.3) is 10.2 Å². The molecule has 4 aromatic rings. The van der Waals surface area contributed by atoms with E-state index in [1.807, 2.05) is 12.1 Å². The number of nitrogens with zero attached hydrogens (tertiary/aromatic N) is 1. The number of nitrogens with one attached hydrogen (secondary N) is 1. The lowest BCUT2D eigenvalue weighted by molar-refractivity contribution is 0.171. The number of hydrogen-bond acceptors (Lipinski definition) is 6. The molecule has 0 aliphatic carbocycles. The molecule has 1 aliphatic heterocycles. The van der Waals surface area contributed by atoms with Crippen LogP contribution in [0.5, 0.6) is 11.5 Å². The Labute approximate surface area is 192 Å². The van der Waals surface area contributed by atoms with Crippen molar-refractivity contribution in [2.75, 3.05) is 17.9 Å². The maximum Gasteiger partial charge on any atom is 0.308 e. The second kappa shape index (κ2) is 8.16. The van der Waals surface area contributed by atoms with Crippen molar-refractivity contribution in [3.05, 3.63) is 80.9 Å². The second-order valence-corrected chi connectivity index (χ2v) is 10.3. The summed E-state index contributed by atoms with van der Waals surface area (Å²) < 4.78 is 41.6. The molecule has 0 spiro atoms. The molecule has 0 radical (unpaired) electrons. The fourth-order valence-corrected chi connectivity index (χ4v) is 5.66. The maximum absolute atomic E-state index is 13.0. The van der Waals surface area contributed by atoms with Crippen LogP contribution < -0.4 is 19.1 Å². The van der Waals surface area contributed by atoms with E-state index in [1.165, 1.54) is 12.1 Å². The van der Waals surface area contributed by atoms with E-state index in [-0.39, 0.29) is 9.77 Å². The molecule has 32 heavy (non-hydrogen) atoms. The van der Waals surface area contributed by atoms with Gasteiger partial charge in [0.05, 0.1) is 27.3 Å². The van der Waals surface area contributed by atoms with Crippen LogP contribution in [0.4, 0.5) is 5.69 Å². The quantitative estimate of drug-likeness (QED) is 0.451. The first kappa shape index (κ1) is 20.9. The molecule has 0 unspecified atom stereocenters. The molecule has 164 valence electrons. The van der Waals surface area contributed by atoms with Gasteiger partial charge in [0.2, 0.25) is 0 Å². The predicted molar refractivity (Wildman–Crippen MR) is 125 cm³/mol. The van der Waals surface area contributed by atoms with Gasteiger partial charge in [0.25, 0.3) is 10.0 Å². The van der Waals surface area contributed by atoms with Crippen molar-refractivity contribution in [2.45, 2.75) is 11.4 Å². The summed E-state index contributed by atoms with van der Waals surface area (Å²) >= 11 is 6.94. The molecule has 2 heterocycles. The highest BCUT2D eigenvalue weighted by atomic mass is 35.5. The molecule has 0 atom stereocenters. The molecule has 3 aromatic carbocycles. The summed E-state index contributed by atoms with van der Waals surface area (Å²) in [4.78, 5) is 12.5. The normalized spacial score (nSPS) is 13.3. The first-order valence-corrected chi connectivity index (χ1v) is 12.4. The number of rotatable bonds is 5. The van der Waals surface area contributed by atoms with Crippen LogP contribution in [0.1, 0.15) is 5.56 Å². The molecule has 5 rings (SSSR count).